The highest BCUT2D eigenvalue weighted by molar-refractivity contribution is 5.97. The maximum absolute atomic E-state index is 12.7. The summed E-state index contributed by atoms with van der Waals surface area (Å²) in [6.45, 7) is 3.31. The Labute approximate surface area is 148 Å². The second-order valence-corrected chi connectivity index (χ2v) is 6.46. The molecule has 0 aliphatic carbocycles. The molecule has 2 heterocycles. The van der Waals surface area contributed by atoms with Gasteiger partial charge >= 0.3 is 0 Å². The second kappa shape index (κ2) is 7.47. The van der Waals surface area contributed by atoms with Gasteiger partial charge in [0.25, 0.3) is 5.91 Å². The highest BCUT2D eigenvalue weighted by atomic mass is 16.2. The van der Waals surface area contributed by atoms with Crippen molar-refractivity contribution in [3.8, 4) is 0 Å². The van der Waals surface area contributed by atoms with Crippen LogP contribution in [0.5, 0.6) is 0 Å². The summed E-state index contributed by atoms with van der Waals surface area (Å²) in [5, 5.41) is 0. The first-order chi connectivity index (χ1) is 12.1. The van der Waals surface area contributed by atoms with Gasteiger partial charge in [-0.05, 0) is 44.0 Å². The molecule has 1 aliphatic rings. The van der Waals surface area contributed by atoms with Gasteiger partial charge in [0, 0.05) is 43.5 Å². The van der Waals surface area contributed by atoms with Crippen LogP contribution in [-0.4, -0.2) is 47.8 Å². The zero-order valence-electron chi connectivity index (χ0n) is 14.7. The van der Waals surface area contributed by atoms with Crippen molar-refractivity contribution in [2.75, 3.05) is 25.0 Å². The van der Waals surface area contributed by atoms with E-state index >= 15 is 0 Å². The third-order valence-electron chi connectivity index (χ3n) is 4.84. The molecule has 130 valence electrons. The molecule has 0 N–H and O–H groups in total. The van der Waals surface area contributed by atoms with Gasteiger partial charge in [-0.2, -0.15) is 0 Å². The monoisotopic (exact) mass is 337 g/mol. The number of ketones is 1. The van der Waals surface area contributed by atoms with Crippen LogP contribution in [0.1, 0.15) is 40.5 Å². The van der Waals surface area contributed by atoms with Crippen molar-refractivity contribution in [1.82, 2.24) is 9.88 Å². The van der Waals surface area contributed by atoms with E-state index in [4.69, 9.17) is 0 Å². The Morgan fingerprint density at radius 1 is 1.04 bits per heavy atom. The molecule has 25 heavy (non-hydrogen) atoms. The number of anilines is 1. The Morgan fingerprint density at radius 3 is 2.24 bits per heavy atom. The molecule has 0 radical (unpaired) electrons. The molecule has 5 heteroatoms. The summed E-state index contributed by atoms with van der Waals surface area (Å²) in [5.74, 6) is 1.01. The molecule has 1 fully saturated rings. The third kappa shape index (κ3) is 3.87. The Morgan fingerprint density at radius 2 is 1.68 bits per heavy atom. The van der Waals surface area contributed by atoms with E-state index in [-0.39, 0.29) is 17.7 Å². The van der Waals surface area contributed by atoms with Crippen molar-refractivity contribution in [2.45, 2.75) is 25.8 Å². The molecule has 1 aliphatic heterocycles. The summed E-state index contributed by atoms with van der Waals surface area (Å²) < 4.78 is 0. The quantitative estimate of drug-likeness (QED) is 0.805. The Balaban J connectivity index is 1.61. The number of carbonyl (C=O) groups excluding carboxylic acids is 2. The number of Topliss-reactive ketones (excluding diaryl/α,β-unsaturated/α-hetero) is 1. The first-order valence-corrected chi connectivity index (χ1v) is 8.60. The van der Waals surface area contributed by atoms with E-state index in [1.165, 1.54) is 6.92 Å². The molecule has 2 aromatic rings. The average Bonchev–Trinajstić information content (AvgIpc) is 2.67. The van der Waals surface area contributed by atoms with Crippen molar-refractivity contribution in [1.29, 1.82) is 0 Å². The number of pyridine rings is 1. The molecule has 1 amide bonds. The summed E-state index contributed by atoms with van der Waals surface area (Å²) in [5.41, 5.74) is 1.25. The first kappa shape index (κ1) is 17.1. The van der Waals surface area contributed by atoms with Crippen LogP contribution in [0.25, 0.3) is 0 Å². The molecule has 1 saturated heterocycles. The first-order valence-electron chi connectivity index (χ1n) is 8.60. The van der Waals surface area contributed by atoms with Crippen molar-refractivity contribution in [3.05, 3.63) is 59.8 Å². The molecular formula is C20H23N3O2. The van der Waals surface area contributed by atoms with Crippen LogP contribution in [0.3, 0.4) is 0 Å². The minimum absolute atomic E-state index is 0.00591. The standard InChI is InChI=1S/C20H23N3O2/c1-15(24)16-6-8-17(9-7-16)20(25)22(2)18-10-13-23(14-11-18)19-5-3-4-12-21-19/h3-9,12,18H,10-11,13-14H2,1-2H3. The van der Waals surface area contributed by atoms with Gasteiger partial charge in [-0.3, -0.25) is 9.59 Å². The fraction of sp³-hybridized carbons (Fsp3) is 0.350. The van der Waals surface area contributed by atoms with Crippen LogP contribution in [0.4, 0.5) is 5.82 Å². The molecule has 3 rings (SSSR count). The predicted octanol–water partition coefficient (Wildman–Crippen LogP) is 3.03. The zero-order chi connectivity index (χ0) is 17.8. The fourth-order valence-electron chi connectivity index (χ4n) is 3.24. The van der Waals surface area contributed by atoms with Gasteiger partial charge in [-0.25, -0.2) is 4.98 Å². The normalized spacial score (nSPS) is 15.0. The number of amides is 1. The van der Waals surface area contributed by atoms with Crippen LogP contribution >= 0.6 is 0 Å². The van der Waals surface area contributed by atoms with Gasteiger partial charge in [0.1, 0.15) is 5.82 Å². The molecule has 0 spiro atoms. The van der Waals surface area contributed by atoms with E-state index in [1.54, 1.807) is 24.3 Å². The number of hydrogen-bond donors (Lipinski definition) is 0. The molecule has 1 aromatic heterocycles. The number of benzene rings is 1. The number of nitrogens with zero attached hydrogens (tertiary/aromatic N) is 3. The molecule has 5 nitrogen and oxygen atoms in total. The number of hydrogen-bond acceptors (Lipinski definition) is 4. The smallest absolute Gasteiger partial charge is 0.253 e. The summed E-state index contributed by atoms with van der Waals surface area (Å²) in [7, 11) is 1.86. The number of piperidine rings is 1. The van der Waals surface area contributed by atoms with E-state index < -0.39 is 0 Å². The SMILES string of the molecule is CC(=O)c1ccc(C(=O)N(C)C2CCN(c3ccccn3)CC2)cc1. The second-order valence-electron chi connectivity index (χ2n) is 6.46. The zero-order valence-corrected chi connectivity index (χ0v) is 14.7. The van der Waals surface area contributed by atoms with Crippen molar-refractivity contribution < 1.29 is 9.59 Å². The van der Waals surface area contributed by atoms with Crippen molar-refractivity contribution in [3.63, 3.8) is 0 Å². The summed E-state index contributed by atoms with van der Waals surface area (Å²) in [4.78, 5) is 32.5. The number of carbonyl (C=O) groups is 2. The van der Waals surface area contributed by atoms with Gasteiger partial charge in [0.2, 0.25) is 0 Å². The molecule has 1 aromatic carbocycles. The van der Waals surface area contributed by atoms with Gasteiger partial charge in [-0.1, -0.05) is 18.2 Å². The van der Waals surface area contributed by atoms with Gasteiger partial charge in [-0.15, -0.1) is 0 Å². The molecule has 0 saturated carbocycles. The van der Waals surface area contributed by atoms with Crippen LogP contribution in [0.15, 0.2) is 48.7 Å². The highest BCUT2D eigenvalue weighted by Crippen LogP contribution is 2.21. The fourth-order valence-corrected chi connectivity index (χ4v) is 3.24. The Hall–Kier alpha value is -2.69. The van der Waals surface area contributed by atoms with E-state index in [1.807, 2.05) is 36.3 Å². The third-order valence-corrected chi connectivity index (χ3v) is 4.84. The maximum atomic E-state index is 12.7. The van der Waals surface area contributed by atoms with Gasteiger partial charge < -0.3 is 9.80 Å². The minimum atomic E-state index is 0.00591. The lowest BCUT2D eigenvalue weighted by atomic mass is 10.0. The molecule has 0 bridgehead atoms. The molecule has 0 atom stereocenters. The molecular weight excluding hydrogens is 314 g/mol. The largest absolute Gasteiger partial charge is 0.356 e. The lowest BCUT2D eigenvalue weighted by Crippen LogP contribution is -2.45. The number of rotatable bonds is 4. The average molecular weight is 337 g/mol. The predicted molar refractivity (Wildman–Crippen MR) is 98.0 cm³/mol. The summed E-state index contributed by atoms with van der Waals surface area (Å²) in [6.07, 6.45) is 3.65. The topological polar surface area (TPSA) is 53.5 Å². The van der Waals surface area contributed by atoms with Crippen LogP contribution in [0.2, 0.25) is 0 Å². The van der Waals surface area contributed by atoms with Gasteiger partial charge in [0.05, 0.1) is 0 Å². The number of aromatic nitrogens is 1. The van der Waals surface area contributed by atoms with Crippen LogP contribution in [0, 0.1) is 0 Å². The Bertz CT molecular complexity index is 735. The van der Waals surface area contributed by atoms with Crippen molar-refractivity contribution in [2.24, 2.45) is 0 Å². The lowest BCUT2D eigenvalue weighted by Gasteiger charge is -2.37. The van der Waals surface area contributed by atoms with E-state index in [9.17, 15) is 9.59 Å². The van der Waals surface area contributed by atoms with E-state index in [2.05, 4.69) is 9.88 Å². The van der Waals surface area contributed by atoms with Crippen LogP contribution < -0.4 is 4.90 Å². The van der Waals surface area contributed by atoms with Gasteiger partial charge in [0.15, 0.2) is 5.78 Å². The molecule has 0 unspecified atom stereocenters. The lowest BCUT2D eigenvalue weighted by molar-refractivity contribution is 0.0708. The summed E-state index contributed by atoms with van der Waals surface area (Å²) >= 11 is 0. The van der Waals surface area contributed by atoms with E-state index in [0.29, 0.717) is 11.1 Å². The maximum Gasteiger partial charge on any atom is 0.253 e. The highest BCUT2D eigenvalue weighted by Gasteiger charge is 2.26. The van der Waals surface area contributed by atoms with Crippen molar-refractivity contribution >= 4 is 17.5 Å². The van der Waals surface area contributed by atoms with Crippen LogP contribution in [-0.2, 0) is 0 Å². The van der Waals surface area contributed by atoms with E-state index in [0.717, 1.165) is 31.7 Å². The summed E-state index contributed by atoms with van der Waals surface area (Å²) in [6, 6.07) is 13.1. The Kier molecular flexibility index (Phi) is 5.12. The minimum Gasteiger partial charge on any atom is -0.356 e.